The van der Waals surface area contributed by atoms with Crippen LogP contribution in [0.2, 0.25) is 0 Å². The molecule has 424 valence electrons. The minimum Gasteiger partial charge on any atom is -0.458 e. The number of hydrogen-bond acceptors (Lipinski definition) is 5. The molecule has 0 saturated heterocycles. The fourth-order valence-electron chi connectivity index (χ4n) is 14.8. The number of para-hydroxylation sites is 5. The number of nitriles is 2. The van der Waals surface area contributed by atoms with Gasteiger partial charge < -0.3 is 23.7 Å². The van der Waals surface area contributed by atoms with Crippen molar-refractivity contribution < 1.29 is 4.74 Å². The van der Waals surface area contributed by atoms with E-state index < -0.39 is 6.71 Å². The summed E-state index contributed by atoms with van der Waals surface area (Å²) < 4.78 is 11.8. The summed E-state index contributed by atoms with van der Waals surface area (Å²) in [4.78, 5) is 4.51. The van der Waals surface area contributed by atoms with E-state index in [0.29, 0.717) is 50.1 Å². The highest BCUT2D eigenvalue weighted by Gasteiger charge is 2.44. The first-order valence-electron chi connectivity index (χ1n) is 31.3. The van der Waals surface area contributed by atoms with E-state index >= 15 is 0 Å². The van der Waals surface area contributed by atoms with Gasteiger partial charge in [0, 0.05) is 66.9 Å². The molecule has 2 aromatic heterocycles. The van der Waals surface area contributed by atoms with Crippen LogP contribution in [0.1, 0.15) is 11.1 Å². The molecule has 2 aliphatic rings. The van der Waals surface area contributed by atoms with Gasteiger partial charge in [0.1, 0.15) is 74.3 Å². The molecule has 0 bridgehead atoms. The van der Waals surface area contributed by atoms with Gasteiger partial charge in [-0.15, -0.1) is 21.9 Å². The Hall–Kier alpha value is -11.6. The third-order valence-corrected chi connectivity index (χ3v) is 19.2. The van der Waals surface area contributed by atoms with Crippen molar-refractivity contribution in [2.45, 2.75) is 0 Å². The van der Waals surface area contributed by atoms with Crippen molar-refractivity contribution in [1.29, 1.82) is 10.5 Å². The van der Waals surface area contributed by atoms with Gasteiger partial charge in [-0.05, 0) is 153 Å². The summed E-state index contributed by atoms with van der Waals surface area (Å²) in [6.45, 7) is -0.478. The standard InChI is InChI=1S/C80H41B9N6O/c81-70-68-69-71(82)73(84)75(86)77(88)80(69)93(79(68)76(87)74(85)72(70)83)51-31-33-57-64(41-51)95(59-25-13-10-22-52(59)46-16-4-1-5-17-46)65-38-48(56-37-45(43-91)29-35-63(56)94-60-26-14-11-23-53(60)54-24-12-15-27-61(54)94)40-67-78(65)89(57)58-32-30-47(39-66(58)96-67)55-36-44(42-90)28-34-62(55)92(49-18-6-2-7-19-49)50-20-8-3-9-21-50/h1-41H. The Morgan fingerprint density at radius 3 is 1.52 bits per heavy atom. The molecule has 13 aromatic carbocycles. The molecule has 0 unspecified atom stereocenters. The van der Waals surface area contributed by atoms with Gasteiger partial charge in [0.05, 0.1) is 51.4 Å². The number of rotatable bonds is 9. The van der Waals surface area contributed by atoms with Gasteiger partial charge >= 0.3 is 0 Å². The Labute approximate surface area is 566 Å². The maximum atomic E-state index is 10.9. The van der Waals surface area contributed by atoms with Crippen LogP contribution in [0.3, 0.4) is 0 Å². The average molecular weight is 1200 g/mol. The van der Waals surface area contributed by atoms with Crippen LogP contribution in [0.4, 0.5) is 34.1 Å². The SMILES string of the molecule is [B]c1c([B])c([B])c2c(c1[B])c1c([B])c([B])c([B])c([B])c1n2-c1ccc2c(c1)N(c1ccccc1-c1ccccc1)c1cc(-c3cc(C#N)ccc3-n3c4ccccc4c4ccccc43)cc3c1B2c1ccc(-c2cc(C#N)ccc2N(c2ccccc2)c2ccccc2)cc1O3. The summed E-state index contributed by atoms with van der Waals surface area (Å²) in [5, 5.41) is 24.5. The number of benzene rings is 13. The fraction of sp³-hybridized carbons (Fsp3) is 0. The van der Waals surface area contributed by atoms with Crippen LogP contribution in [0.25, 0.3) is 88.4 Å². The van der Waals surface area contributed by atoms with Gasteiger partial charge in [0.2, 0.25) is 0 Å². The lowest BCUT2D eigenvalue weighted by molar-refractivity contribution is 0.488. The highest BCUT2D eigenvalue weighted by atomic mass is 16.5. The first-order chi connectivity index (χ1) is 46.9. The molecule has 2 aliphatic heterocycles. The van der Waals surface area contributed by atoms with E-state index in [1.54, 1.807) is 0 Å². The average Bonchev–Trinajstić information content (AvgIpc) is 1.58. The van der Waals surface area contributed by atoms with E-state index in [1.807, 2.05) is 114 Å². The number of hydrogen-bond donors (Lipinski definition) is 0. The maximum absolute atomic E-state index is 10.9. The van der Waals surface area contributed by atoms with Crippen molar-refractivity contribution in [2.24, 2.45) is 0 Å². The number of anilines is 6. The van der Waals surface area contributed by atoms with Crippen LogP contribution in [0.15, 0.2) is 249 Å². The minimum atomic E-state index is -0.478. The number of ether oxygens (including phenoxy) is 1. The fourth-order valence-corrected chi connectivity index (χ4v) is 14.8. The van der Waals surface area contributed by atoms with Gasteiger partial charge in [0.25, 0.3) is 6.71 Å². The molecule has 0 atom stereocenters. The van der Waals surface area contributed by atoms with Crippen molar-refractivity contribution in [3.63, 3.8) is 0 Å². The Bertz CT molecular complexity index is 5750. The summed E-state index contributed by atoms with van der Waals surface area (Å²) in [5.41, 5.74) is 19.2. The molecule has 7 nitrogen and oxygen atoms in total. The van der Waals surface area contributed by atoms with Crippen molar-refractivity contribution >= 4 is 207 Å². The molecule has 0 aliphatic carbocycles. The molecule has 16 heteroatoms. The molecular weight excluding hydrogens is 1160 g/mol. The normalized spacial score (nSPS) is 12.1. The molecule has 15 aromatic rings. The van der Waals surface area contributed by atoms with E-state index in [-0.39, 0.29) is 43.7 Å². The third-order valence-electron chi connectivity index (χ3n) is 19.2. The van der Waals surface area contributed by atoms with E-state index in [0.717, 1.165) is 111 Å². The molecule has 16 radical (unpaired) electrons. The topological polar surface area (TPSA) is 73.2 Å². The van der Waals surface area contributed by atoms with E-state index in [1.165, 1.54) is 0 Å². The largest absolute Gasteiger partial charge is 0.458 e. The van der Waals surface area contributed by atoms with Gasteiger partial charge in [-0.2, -0.15) is 10.5 Å². The summed E-state index contributed by atoms with van der Waals surface area (Å²) in [5.74, 6) is 1.20. The Kier molecular flexibility index (Phi) is 13.7. The monoisotopic (exact) mass is 1200 g/mol. The van der Waals surface area contributed by atoms with Crippen LogP contribution in [0.5, 0.6) is 11.5 Å². The highest BCUT2D eigenvalue weighted by molar-refractivity contribution is 6.99. The molecule has 0 spiro atoms. The van der Waals surface area contributed by atoms with Crippen molar-refractivity contribution in [2.75, 3.05) is 9.80 Å². The van der Waals surface area contributed by atoms with Gasteiger partial charge in [-0.1, -0.05) is 161 Å². The molecule has 0 amide bonds. The maximum Gasteiger partial charge on any atom is 0.256 e. The summed E-state index contributed by atoms with van der Waals surface area (Å²) >= 11 is 0. The second-order valence-corrected chi connectivity index (χ2v) is 24.3. The van der Waals surface area contributed by atoms with E-state index in [2.05, 4.69) is 166 Å². The van der Waals surface area contributed by atoms with E-state index in [4.69, 9.17) is 67.5 Å². The van der Waals surface area contributed by atoms with Gasteiger partial charge in [0.15, 0.2) is 0 Å². The number of nitrogens with zero attached hydrogens (tertiary/aromatic N) is 6. The zero-order chi connectivity index (χ0) is 65.4. The van der Waals surface area contributed by atoms with Gasteiger partial charge in [-0.25, -0.2) is 0 Å². The molecule has 17 rings (SSSR count). The Balaban J connectivity index is 0.983. The summed E-state index contributed by atoms with van der Waals surface area (Å²) in [6, 6.07) is 89.5. The number of aromatic nitrogens is 2. The predicted molar refractivity (Wildman–Crippen MR) is 405 cm³/mol. The van der Waals surface area contributed by atoms with Crippen LogP contribution in [-0.4, -0.2) is 78.6 Å². The zero-order valence-electron chi connectivity index (χ0n) is 51.5. The van der Waals surface area contributed by atoms with E-state index in [9.17, 15) is 10.5 Å². The Morgan fingerprint density at radius 1 is 0.365 bits per heavy atom. The molecule has 0 N–H and O–H groups in total. The lowest BCUT2D eigenvalue weighted by Gasteiger charge is -2.41. The summed E-state index contributed by atoms with van der Waals surface area (Å²) in [7, 11) is 55.3. The zero-order valence-corrected chi connectivity index (χ0v) is 51.5. The lowest BCUT2D eigenvalue weighted by Crippen LogP contribution is -2.59. The quantitative estimate of drug-likeness (QED) is 0.135. The first-order valence-corrected chi connectivity index (χ1v) is 31.3. The predicted octanol–water partition coefficient (Wildman–Crippen LogP) is 8.85. The van der Waals surface area contributed by atoms with Crippen LogP contribution in [0, 0.1) is 22.7 Å². The smallest absolute Gasteiger partial charge is 0.256 e. The third kappa shape index (κ3) is 8.78. The lowest BCUT2D eigenvalue weighted by atomic mass is 9.34. The van der Waals surface area contributed by atoms with Crippen LogP contribution >= 0.6 is 0 Å². The van der Waals surface area contributed by atoms with Crippen LogP contribution in [-0.2, 0) is 0 Å². The van der Waals surface area contributed by atoms with Crippen molar-refractivity contribution in [1.82, 2.24) is 9.13 Å². The van der Waals surface area contributed by atoms with Crippen molar-refractivity contribution in [3.8, 4) is 68.4 Å². The Morgan fingerprint density at radius 2 is 0.896 bits per heavy atom. The van der Waals surface area contributed by atoms with Gasteiger partial charge in [-0.3, -0.25) is 0 Å². The first kappa shape index (κ1) is 58.3. The second kappa shape index (κ2) is 22.6. The molecule has 96 heavy (non-hydrogen) atoms. The highest BCUT2D eigenvalue weighted by Crippen LogP contribution is 2.49. The van der Waals surface area contributed by atoms with Crippen molar-refractivity contribution in [3.05, 3.63) is 260 Å². The molecule has 0 fully saturated rings. The molecular formula is C80H41B9N6O. The number of fused-ring (bicyclic) bond motifs is 10. The minimum absolute atomic E-state index is 0.0886. The molecule has 0 saturated carbocycles. The second-order valence-electron chi connectivity index (χ2n) is 24.3. The summed E-state index contributed by atoms with van der Waals surface area (Å²) in [6.07, 6.45) is 0. The molecule has 4 heterocycles. The van der Waals surface area contributed by atoms with Crippen LogP contribution < -0.4 is 74.6 Å².